The predicted octanol–water partition coefficient (Wildman–Crippen LogP) is 4.77. The maximum Gasteiger partial charge on any atom is 0.257 e. The van der Waals surface area contributed by atoms with E-state index in [0.717, 1.165) is 25.9 Å². The Bertz CT molecular complexity index is 509. The van der Waals surface area contributed by atoms with Gasteiger partial charge < -0.3 is 4.90 Å². The topological polar surface area (TPSA) is 20.3 Å². The van der Waals surface area contributed by atoms with Crippen LogP contribution in [-0.2, 0) is 0 Å². The van der Waals surface area contributed by atoms with Crippen molar-refractivity contribution in [1.29, 1.82) is 0 Å². The standard InChI is InChI=1S/C17H21BrFNO/c18-13-5-4-6-14(19)15(13)16(21)20-11-9-17(10-12-20)7-2-1-3-8-17/h4-6H,1-3,7-12H2. The normalized spacial score (nSPS) is 21.5. The number of carbonyl (C=O) groups excluding carboxylic acids is 1. The monoisotopic (exact) mass is 353 g/mol. The number of nitrogens with zero attached hydrogens (tertiary/aromatic N) is 1. The molecule has 0 bridgehead atoms. The van der Waals surface area contributed by atoms with Gasteiger partial charge in [-0.3, -0.25) is 4.79 Å². The molecule has 1 aromatic carbocycles. The first kappa shape index (κ1) is 15.0. The van der Waals surface area contributed by atoms with Crippen molar-refractivity contribution in [3.05, 3.63) is 34.1 Å². The van der Waals surface area contributed by atoms with E-state index in [0.29, 0.717) is 9.89 Å². The highest BCUT2D eigenvalue weighted by Crippen LogP contribution is 2.44. The fourth-order valence-corrected chi connectivity index (χ4v) is 4.36. The Kier molecular flexibility index (Phi) is 4.34. The molecule has 1 aliphatic carbocycles. The lowest BCUT2D eigenvalue weighted by Gasteiger charge is -2.44. The van der Waals surface area contributed by atoms with Crippen molar-refractivity contribution in [3.8, 4) is 0 Å². The van der Waals surface area contributed by atoms with Crippen LogP contribution in [0, 0.1) is 11.2 Å². The number of benzene rings is 1. The zero-order valence-corrected chi connectivity index (χ0v) is 13.8. The van der Waals surface area contributed by atoms with Gasteiger partial charge in [-0.25, -0.2) is 4.39 Å². The van der Waals surface area contributed by atoms with Crippen molar-refractivity contribution in [2.45, 2.75) is 44.9 Å². The first-order chi connectivity index (χ1) is 10.1. The summed E-state index contributed by atoms with van der Waals surface area (Å²) in [6.45, 7) is 1.53. The first-order valence-electron chi connectivity index (χ1n) is 7.85. The van der Waals surface area contributed by atoms with E-state index in [1.165, 1.54) is 38.2 Å². The summed E-state index contributed by atoms with van der Waals surface area (Å²) in [5.41, 5.74) is 0.638. The molecule has 0 radical (unpaired) electrons. The van der Waals surface area contributed by atoms with E-state index in [-0.39, 0.29) is 11.5 Å². The first-order valence-corrected chi connectivity index (χ1v) is 8.64. The fraction of sp³-hybridized carbons (Fsp3) is 0.588. The lowest BCUT2D eigenvalue weighted by atomic mass is 9.68. The second kappa shape index (κ2) is 6.07. The third-order valence-electron chi connectivity index (χ3n) is 5.20. The van der Waals surface area contributed by atoms with Gasteiger partial charge in [0.1, 0.15) is 5.82 Å². The van der Waals surface area contributed by atoms with E-state index < -0.39 is 5.82 Å². The molecule has 2 nitrogen and oxygen atoms in total. The third kappa shape index (κ3) is 3.01. The van der Waals surface area contributed by atoms with Crippen molar-refractivity contribution in [3.63, 3.8) is 0 Å². The van der Waals surface area contributed by atoms with Crippen molar-refractivity contribution in [2.75, 3.05) is 13.1 Å². The smallest absolute Gasteiger partial charge is 0.257 e. The lowest BCUT2D eigenvalue weighted by Crippen LogP contribution is -2.44. The highest BCUT2D eigenvalue weighted by molar-refractivity contribution is 9.10. The Morgan fingerprint density at radius 2 is 1.76 bits per heavy atom. The van der Waals surface area contributed by atoms with Crippen LogP contribution < -0.4 is 0 Å². The van der Waals surface area contributed by atoms with Crippen molar-refractivity contribution in [1.82, 2.24) is 4.90 Å². The largest absolute Gasteiger partial charge is 0.338 e. The summed E-state index contributed by atoms with van der Waals surface area (Å²) < 4.78 is 14.5. The maximum atomic E-state index is 13.9. The van der Waals surface area contributed by atoms with E-state index in [1.54, 1.807) is 12.1 Å². The Labute approximate surface area is 133 Å². The van der Waals surface area contributed by atoms with E-state index in [9.17, 15) is 9.18 Å². The SMILES string of the molecule is O=C(c1c(F)cccc1Br)N1CCC2(CCCCC2)CC1. The van der Waals surface area contributed by atoms with Gasteiger partial charge in [-0.1, -0.05) is 25.3 Å². The number of hydrogen-bond acceptors (Lipinski definition) is 1. The lowest BCUT2D eigenvalue weighted by molar-refractivity contribution is 0.0467. The van der Waals surface area contributed by atoms with E-state index in [4.69, 9.17) is 0 Å². The second-order valence-corrected chi connectivity index (χ2v) is 7.30. The molecule has 1 heterocycles. The molecular formula is C17H21BrFNO. The van der Waals surface area contributed by atoms with Crippen LogP contribution in [0.25, 0.3) is 0 Å². The quantitative estimate of drug-likeness (QED) is 0.711. The summed E-state index contributed by atoms with van der Waals surface area (Å²) in [7, 11) is 0. The summed E-state index contributed by atoms with van der Waals surface area (Å²) >= 11 is 3.30. The van der Waals surface area contributed by atoms with Crippen LogP contribution in [0.2, 0.25) is 0 Å². The predicted molar refractivity (Wildman–Crippen MR) is 84.8 cm³/mol. The zero-order chi connectivity index (χ0) is 14.9. The van der Waals surface area contributed by atoms with Gasteiger partial charge in [0.25, 0.3) is 5.91 Å². The summed E-state index contributed by atoms with van der Waals surface area (Å²) in [5.74, 6) is -0.613. The average Bonchev–Trinajstić information content (AvgIpc) is 2.48. The maximum absolute atomic E-state index is 13.9. The number of rotatable bonds is 1. The molecule has 4 heteroatoms. The van der Waals surface area contributed by atoms with Crippen LogP contribution in [0.4, 0.5) is 4.39 Å². The van der Waals surface area contributed by atoms with Crippen molar-refractivity contribution < 1.29 is 9.18 Å². The molecule has 21 heavy (non-hydrogen) atoms. The highest BCUT2D eigenvalue weighted by atomic mass is 79.9. The fourth-order valence-electron chi connectivity index (χ4n) is 3.85. The molecule has 2 fully saturated rings. The molecule has 2 aliphatic rings. The number of carbonyl (C=O) groups is 1. The van der Waals surface area contributed by atoms with Crippen LogP contribution in [0.15, 0.2) is 22.7 Å². The van der Waals surface area contributed by atoms with Gasteiger partial charge in [0.05, 0.1) is 5.56 Å². The van der Waals surface area contributed by atoms with Gasteiger partial charge in [-0.05, 0) is 59.2 Å². The number of likely N-dealkylation sites (tertiary alicyclic amines) is 1. The van der Waals surface area contributed by atoms with Crippen LogP contribution in [0.3, 0.4) is 0 Å². The highest BCUT2D eigenvalue weighted by Gasteiger charge is 2.37. The Morgan fingerprint density at radius 1 is 1.10 bits per heavy atom. The molecule has 1 spiro atoms. The molecule has 114 valence electrons. The van der Waals surface area contributed by atoms with Gasteiger partial charge in [-0.15, -0.1) is 0 Å². The molecular weight excluding hydrogens is 333 g/mol. The molecule has 0 N–H and O–H groups in total. The van der Waals surface area contributed by atoms with E-state index >= 15 is 0 Å². The van der Waals surface area contributed by atoms with Gasteiger partial charge in [0, 0.05) is 17.6 Å². The minimum atomic E-state index is -0.438. The van der Waals surface area contributed by atoms with Crippen LogP contribution >= 0.6 is 15.9 Å². The van der Waals surface area contributed by atoms with Crippen molar-refractivity contribution in [2.24, 2.45) is 5.41 Å². The number of amides is 1. The van der Waals surface area contributed by atoms with Gasteiger partial charge >= 0.3 is 0 Å². The number of piperidine rings is 1. The minimum Gasteiger partial charge on any atom is -0.338 e. The molecule has 3 rings (SSSR count). The van der Waals surface area contributed by atoms with E-state index in [2.05, 4.69) is 15.9 Å². The molecule has 0 atom stereocenters. The molecule has 1 aliphatic heterocycles. The molecule has 0 aromatic heterocycles. The minimum absolute atomic E-state index is 0.175. The average molecular weight is 354 g/mol. The molecule has 0 unspecified atom stereocenters. The molecule has 1 amide bonds. The molecule has 1 saturated carbocycles. The summed E-state index contributed by atoms with van der Waals surface area (Å²) in [5, 5.41) is 0. The zero-order valence-electron chi connectivity index (χ0n) is 12.2. The Morgan fingerprint density at radius 3 is 2.38 bits per heavy atom. The second-order valence-electron chi connectivity index (χ2n) is 6.45. The van der Waals surface area contributed by atoms with Crippen LogP contribution in [-0.4, -0.2) is 23.9 Å². The van der Waals surface area contributed by atoms with Gasteiger partial charge in [-0.2, -0.15) is 0 Å². The van der Waals surface area contributed by atoms with Crippen LogP contribution in [0.5, 0.6) is 0 Å². The number of halogens is 2. The third-order valence-corrected chi connectivity index (χ3v) is 5.86. The van der Waals surface area contributed by atoms with E-state index in [1.807, 2.05) is 4.90 Å². The van der Waals surface area contributed by atoms with Crippen molar-refractivity contribution >= 4 is 21.8 Å². The molecule has 1 aromatic rings. The Balaban J connectivity index is 1.70. The Hall–Kier alpha value is -0.900. The summed E-state index contributed by atoms with van der Waals surface area (Å²) in [6, 6.07) is 4.69. The molecule has 1 saturated heterocycles. The van der Waals surface area contributed by atoms with Gasteiger partial charge in [0.15, 0.2) is 0 Å². The summed E-state index contributed by atoms with van der Waals surface area (Å²) in [6.07, 6.45) is 8.76. The number of hydrogen-bond donors (Lipinski definition) is 0. The summed E-state index contributed by atoms with van der Waals surface area (Å²) in [4.78, 5) is 14.4. The van der Waals surface area contributed by atoms with Crippen LogP contribution in [0.1, 0.15) is 55.3 Å². The van der Waals surface area contributed by atoms with Gasteiger partial charge in [0.2, 0.25) is 0 Å².